The summed E-state index contributed by atoms with van der Waals surface area (Å²) < 4.78 is 33.2. The van der Waals surface area contributed by atoms with E-state index in [9.17, 15) is 24.0 Å². The first-order chi connectivity index (χ1) is 21.2. The van der Waals surface area contributed by atoms with Crippen LogP contribution in [-0.4, -0.2) is 73.0 Å². The van der Waals surface area contributed by atoms with Crippen LogP contribution in [0.4, 0.5) is 0 Å². The van der Waals surface area contributed by atoms with Gasteiger partial charge in [-0.25, -0.2) is 9.78 Å². The smallest absolute Gasteiger partial charge is 0.329 e. The molecule has 4 rings (SSSR count). The molecule has 1 N–H and O–H groups in total. The summed E-state index contributed by atoms with van der Waals surface area (Å²) in [5.41, 5.74) is -0.191. The number of carbonyl (C=O) groups excluding carboxylic acids is 5. The van der Waals surface area contributed by atoms with E-state index in [2.05, 4.69) is 10.3 Å². The first-order valence-corrected chi connectivity index (χ1v) is 15.4. The highest BCUT2D eigenvalue weighted by Crippen LogP contribution is 2.32. The largest absolute Gasteiger partial charge is 0.493 e. The SMILES string of the molecule is COc1ccnc(C(=O)N[C@H]2CCC[C@H](OC(=O)C3CCCC3)[C@@H](OC(=O)C3CCCC3)[C@H](C)OC2=O)c1OCOC(C)=O. The first kappa shape index (κ1) is 33.0. The van der Waals surface area contributed by atoms with Gasteiger partial charge >= 0.3 is 23.9 Å². The maximum atomic E-state index is 13.4. The van der Waals surface area contributed by atoms with Gasteiger partial charge in [-0.1, -0.05) is 25.7 Å². The number of pyridine rings is 1. The second-order valence-electron chi connectivity index (χ2n) is 11.5. The summed E-state index contributed by atoms with van der Waals surface area (Å²) in [5.74, 6) is -3.12. The Morgan fingerprint density at radius 3 is 2.18 bits per heavy atom. The maximum absolute atomic E-state index is 13.4. The molecule has 4 atom stereocenters. The van der Waals surface area contributed by atoms with Crippen molar-refractivity contribution in [3.05, 3.63) is 18.0 Å². The van der Waals surface area contributed by atoms with E-state index < -0.39 is 49.0 Å². The fraction of sp³-hybridized carbons (Fsp3) is 0.677. The molecule has 0 bridgehead atoms. The average molecular weight is 619 g/mol. The summed E-state index contributed by atoms with van der Waals surface area (Å²) >= 11 is 0. The summed E-state index contributed by atoms with van der Waals surface area (Å²) in [4.78, 5) is 68.1. The van der Waals surface area contributed by atoms with Crippen LogP contribution in [0.25, 0.3) is 0 Å². The fourth-order valence-electron chi connectivity index (χ4n) is 5.96. The minimum atomic E-state index is -1.09. The zero-order valence-electron chi connectivity index (χ0n) is 25.5. The van der Waals surface area contributed by atoms with Crippen LogP contribution in [0, 0.1) is 11.8 Å². The third-order valence-corrected chi connectivity index (χ3v) is 8.37. The van der Waals surface area contributed by atoms with Gasteiger partial charge < -0.3 is 33.7 Å². The number of nitrogens with zero attached hydrogens (tertiary/aromatic N) is 1. The summed E-state index contributed by atoms with van der Waals surface area (Å²) in [6.07, 6.45) is 6.14. The Balaban J connectivity index is 1.50. The number of amides is 1. The number of hydrogen-bond acceptors (Lipinski definition) is 12. The van der Waals surface area contributed by atoms with Gasteiger partial charge in [0.15, 0.2) is 23.3 Å². The first-order valence-electron chi connectivity index (χ1n) is 15.4. The Morgan fingerprint density at radius 1 is 0.932 bits per heavy atom. The van der Waals surface area contributed by atoms with Gasteiger partial charge in [0.25, 0.3) is 5.91 Å². The van der Waals surface area contributed by atoms with Crippen molar-refractivity contribution in [3.8, 4) is 11.5 Å². The third-order valence-electron chi connectivity index (χ3n) is 8.37. The third kappa shape index (κ3) is 8.60. The van der Waals surface area contributed by atoms with Crippen molar-refractivity contribution >= 4 is 29.8 Å². The summed E-state index contributed by atoms with van der Waals surface area (Å²) in [6, 6.07) is 0.380. The molecule has 3 fully saturated rings. The lowest BCUT2D eigenvalue weighted by Crippen LogP contribution is -2.47. The van der Waals surface area contributed by atoms with Crippen LogP contribution in [0.3, 0.4) is 0 Å². The fourth-order valence-corrected chi connectivity index (χ4v) is 5.96. The van der Waals surface area contributed by atoms with Crippen molar-refractivity contribution in [2.45, 2.75) is 109 Å². The van der Waals surface area contributed by atoms with Gasteiger partial charge in [0.2, 0.25) is 6.79 Å². The van der Waals surface area contributed by atoms with Crippen molar-refractivity contribution in [1.82, 2.24) is 10.3 Å². The highest BCUT2D eigenvalue weighted by atomic mass is 16.7. The van der Waals surface area contributed by atoms with Crippen molar-refractivity contribution < 1.29 is 52.4 Å². The predicted octanol–water partition coefficient (Wildman–Crippen LogP) is 3.41. The number of methoxy groups -OCH3 is 1. The molecule has 0 aromatic carbocycles. The van der Waals surface area contributed by atoms with Gasteiger partial charge in [-0.3, -0.25) is 19.2 Å². The molecule has 1 amide bonds. The number of esters is 4. The molecule has 242 valence electrons. The average Bonchev–Trinajstić information content (AvgIpc) is 3.74. The quantitative estimate of drug-likeness (QED) is 0.231. The van der Waals surface area contributed by atoms with Crippen LogP contribution < -0.4 is 14.8 Å². The van der Waals surface area contributed by atoms with Gasteiger partial charge in [0.05, 0.1) is 18.9 Å². The van der Waals surface area contributed by atoms with Crippen molar-refractivity contribution in [3.63, 3.8) is 0 Å². The minimum absolute atomic E-state index is 0.0728. The van der Waals surface area contributed by atoms with E-state index in [4.69, 9.17) is 28.4 Å². The number of carbonyl (C=O) groups is 5. The Kier molecular flexibility index (Phi) is 11.8. The molecule has 2 heterocycles. The molecular weight excluding hydrogens is 576 g/mol. The molecule has 44 heavy (non-hydrogen) atoms. The summed E-state index contributed by atoms with van der Waals surface area (Å²) in [7, 11) is 1.37. The maximum Gasteiger partial charge on any atom is 0.329 e. The number of hydrogen-bond donors (Lipinski definition) is 1. The van der Waals surface area contributed by atoms with Crippen molar-refractivity contribution in [1.29, 1.82) is 0 Å². The molecule has 1 aromatic rings. The molecule has 0 radical (unpaired) electrons. The van der Waals surface area contributed by atoms with Gasteiger partial charge in [0.1, 0.15) is 18.2 Å². The minimum Gasteiger partial charge on any atom is -0.493 e. The molecular formula is C31H42N2O11. The van der Waals surface area contributed by atoms with Crippen molar-refractivity contribution in [2.75, 3.05) is 13.9 Å². The van der Waals surface area contributed by atoms with Gasteiger partial charge in [-0.2, -0.15) is 0 Å². The second kappa shape index (κ2) is 15.7. The molecule has 2 aliphatic carbocycles. The van der Waals surface area contributed by atoms with Gasteiger partial charge in [-0.15, -0.1) is 0 Å². The zero-order valence-corrected chi connectivity index (χ0v) is 25.5. The Morgan fingerprint density at radius 2 is 1.57 bits per heavy atom. The van der Waals surface area contributed by atoms with Crippen LogP contribution in [0.1, 0.15) is 95.0 Å². The van der Waals surface area contributed by atoms with E-state index in [1.54, 1.807) is 6.92 Å². The Bertz CT molecular complexity index is 1190. The highest BCUT2D eigenvalue weighted by Gasteiger charge is 2.41. The summed E-state index contributed by atoms with van der Waals surface area (Å²) in [5, 5.41) is 2.66. The van der Waals surface area contributed by atoms with E-state index in [0.29, 0.717) is 12.8 Å². The normalized spacial score (nSPS) is 24.7. The number of aromatic nitrogens is 1. The molecule has 3 aliphatic rings. The molecule has 13 nitrogen and oxygen atoms in total. The number of ether oxygens (including phenoxy) is 6. The standard InChI is InChI=1S/C31H42N2O11/c1-18-26(44-30(37)21-11-6-7-12-21)24(43-29(36)20-9-4-5-10-20)14-8-13-22(31(38)42-18)33-28(35)25-27(41-17-40-19(2)34)23(39-3)15-16-32-25/h15-16,18,20-22,24,26H,4-14,17H2,1-3H3,(H,33,35)/t18-,22-,24-,26-/m0/s1. The molecule has 1 saturated heterocycles. The topological polar surface area (TPSA) is 166 Å². The number of rotatable bonds is 10. The zero-order chi connectivity index (χ0) is 31.6. The lowest BCUT2D eigenvalue weighted by molar-refractivity contribution is -0.188. The lowest BCUT2D eigenvalue weighted by Gasteiger charge is -2.31. The van der Waals surface area contributed by atoms with Crippen molar-refractivity contribution in [2.24, 2.45) is 11.8 Å². The second-order valence-corrected chi connectivity index (χ2v) is 11.5. The molecule has 13 heteroatoms. The molecule has 0 spiro atoms. The van der Waals surface area contributed by atoms with E-state index in [1.165, 1.54) is 26.3 Å². The van der Waals surface area contributed by atoms with Crippen LogP contribution >= 0.6 is 0 Å². The predicted molar refractivity (Wildman–Crippen MR) is 152 cm³/mol. The van der Waals surface area contributed by atoms with Gasteiger partial charge in [-0.05, 0) is 51.9 Å². The van der Waals surface area contributed by atoms with Crippen LogP contribution in [-0.2, 0) is 38.1 Å². The van der Waals surface area contributed by atoms with Crippen LogP contribution in [0.15, 0.2) is 12.3 Å². The monoisotopic (exact) mass is 618 g/mol. The lowest BCUT2D eigenvalue weighted by atomic mass is 10.0. The molecule has 2 saturated carbocycles. The molecule has 1 aromatic heterocycles. The molecule has 1 aliphatic heterocycles. The van der Waals surface area contributed by atoms with E-state index in [-0.39, 0.29) is 47.4 Å². The highest BCUT2D eigenvalue weighted by molar-refractivity contribution is 5.98. The van der Waals surface area contributed by atoms with Crippen LogP contribution in [0.5, 0.6) is 11.5 Å². The van der Waals surface area contributed by atoms with Gasteiger partial charge in [0, 0.05) is 19.2 Å². The number of nitrogens with one attached hydrogen (secondary N) is 1. The van der Waals surface area contributed by atoms with E-state index in [1.807, 2.05) is 0 Å². The Hall–Kier alpha value is -3.90. The van der Waals surface area contributed by atoms with E-state index >= 15 is 0 Å². The number of cyclic esters (lactones) is 1. The van der Waals surface area contributed by atoms with E-state index in [0.717, 1.165) is 51.4 Å². The molecule has 0 unspecified atom stereocenters. The van der Waals surface area contributed by atoms with Crippen LogP contribution in [0.2, 0.25) is 0 Å². The Labute approximate surface area is 256 Å². The summed E-state index contributed by atoms with van der Waals surface area (Å²) in [6.45, 7) is 2.32.